The van der Waals surface area contributed by atoms with Crippen molar-refractivity contribution in [3.63, 3.8) is 0 Å². The first-order valence-electron chi connectivity index (χ1n) is 24.4. The van der Waals surface area contributed by atoms with Crippen molar-refractivity contribution in [2.75, 3.05) is 0 Å². The van der Waals surface area contributed by atoms with E-state index >= 15 is 0 Å². The normalized spacial score (nSPS) is 11.3. The molecule has 9 aromatic carbocycles. The van der Waals surface area contributed by atoms with E-state index in [1.807, 2.05) is 97.1 Å². The Morgan fingerprint density at radius 2 is 0.806 bits per heavy atom. The summed E-state index contributed by atoms with van der Waals surface area (Å²) in [5.41, 5.74) is 16.7. The Morgan fingerprint density at radius 3 is 1.29 bits per heavy atom. The van der Waals surface area contributed by atoms with Crippen molar-refractivity contribution in [3.05, 3.63) is 242 Å². The number of hydrogen-bond donors (Lipinski definition) is 1. The molecule has 0 unspecified atom stereocenters. The van der Waals surface area contributed by atoms with Gasteiger partial charge in [-0.15, -0.1) is 0 Å². The topological polar surface area (TPSA) is 87.6 Å². The molecule has 0 aliphatic heterocycles. The molecule has 72 heavy (non-hydrogen) atoms. The van der Waals surface area contributed by atoms with Gasteiger partial charge in [-0.3, -0.25) is 4.79 Å². The zero-order valence-electron chi connectivity index (χ0n) is 42.1. The third-order valence-electron chi connectivity index (χ3n) is 13.4. The summed E-state index contributed by atoms with van der Waals surface area (Å²) in [7, 11) is 0. The molecule has 0 aromatic heterocycles. The predicted octanol–water partition coefficient (Wildman–Crippen LogP) is 14.8. The minimum Gasteiger partial charge on any atom is -0.489 e. The standard InChI is InChI=1S/C64H60N2O6/c1-41-26-50(27-42(2)45(41)5)40-72-63-61(70-38-51-28-43(3)46(6)59(30-51)68-36-48-18-10-8-11-19-48)33-55(64(67)66-65-35-58-56-24-16-14-22-53(56)32-54-23-15-17-25-57(54)58)34-62(63)71-39-52-29-44(4)47(7)60(31-52)69-37-49-20-12-9-13-21-49/h8-35H,36-40H2,1-7H3,(H,66,67)/b65-35+. The maximum atomic E-state index is 14.4. The lowest BCUT2D eigenvalue weighted by Crippen LogP contribution is -2.18. The second kappa shape index (κ2) is 22.2. The molecule has 362 valence electrons. The number of hydrazone groups is 1. The van der Waals surface area contributed by atoms with Crippen LogP contribution in [0.25, 0.3) is 21.5 Å². The lowest BCUT2D eigenvalue weighted by molar-refractivity contribution is 0.0953. The van der Waals surface area contributed by atoms with E-state index in [2.05, 4.69) is 114 Å². The number of ether oxygens (including phenoxy) is 5. The quantitative estimate of drug-likeness (QED) is 0.0524. The Hall–Kier alpha value is -8.36. The van der Waals surface area contributed by atoms with Crippen molar-refractivity contribution >= 4 is 33.7 Å². The first kappa shape index (κ1) is 48.7. The Kier molecular flexibility index (Phi) is 15.0. The molecule has 0 heterocycles. The van der Waals surface area contributed by atoms with Crippen LogP contribution in [0.15, 0.2) is 169 Å². The molecule has 0 atom stereocenters. The zero-order valence-corrected chi connectivity index (χ0v) is 42.1. The van der Waals surface area contributed by atoms with Crippen molar-refractivity contribution in [2.45, 2.75) is 81.5 Å². The molecule has 0 aliphatic rings. The summed E-state index contributed by atoms with van der Waals surface area (Å²) in [5.74, 6) is 2.12. The maximum Gasteiger partial charge on any atom is 0.271 e. The number of amides is 1. The Bertz CT molecular complexity index is 3240. The van der Waals surface area contributed by atoms with Crippen LogP contribution in [0.1, 0.15) is 82.7 Å². The van der Waals surface area contributed by atoms with Gasteiger partial charge >= 0.3 is 0 Å². The van der Waals surface area contributed by atoms with Crippen LogP contribution in [0.2, 0.25) is 0 Å². The number of aryl methyl sites for hydroxylation is 4. The summed E-state index contributed by atoms with van der Waals surface area (Å²) in [6.45, 7) is 16.0. The molecule has 0 radical (unpaired) electrons. The molecule has 0 aliphatic carbocycles. The highest BCUT2D eigenvalue weighted by Gasteiger charge is 2.21. The Balaban J connectivity index is 1.08. The highest BCUT2D eigenvalue weighted by molar-refractivity contribution is 6.13. The predicted molar refractivity (Wildman–Crippen MR) is 290 cm³/mol. The number of carbonyl (C=O) groups is 1. The fraction of sp³-hybridized carbons (Fsp3) is 0.188. The molecule has 0 spiro atoms. The SMILES string of the molecule is Cc1cc(COc2c(OCc3cc(C)c(C)c(OCc4ccccc4)c3)cc(C(=O)N/N=C/c3c4ccccc4cc4ccccc34)cc2OCc2cc(C)c(C)c(OCc3ccccc3)c2)cc(C)c1C. The molecular formula is C64H60N2O6. The van der Waals surface area contributed by atoms with Gasteiger partial charge in [0.2, 0.25) is 5.75 Å². The van der Waals surface area contributed by atoms with E-state index < -0.39 is 5.91 Å². The molecule has 1 N–H and O–H groups in total. The summed E-state index contributed by atoms with van der Waals surface area (Å²) in [6.07, 6.45) is 1.72. The fourth-order valence-corrected chi connectivity index (χ4v) is 8.89. The van der Waals surface area contributed by atoms with E-state index in [0.717, 1.165) is 88.7 Å². The molecule has 9 rings (SSSR count). The van der Waals surface area contributed by atoms with Crippen LogP contribution in [0, 0.1) is 48.5 Å². The first-order chi connectivity index (χ1) is 35.0. The first-order valence-corrected chi connectivity index (χ1v) is 24.4. The van der Waals surface area contributed by atoms with E-state index in [4.69, 9.17) is 23.7 Å². The third-order valence-corrected chi connectivity index (χ3v) is 13.4. The van der Waals surface area contributed by atoms with Gasteiger partial charge in [0.05, 0.1) is 6.21 Å². The van der Waals surface area contributed by atoms with E-state index in [1.165, 1.54) is 16.7 Å². The van der Waals surface area contributed by atoms with E-state index in [9.17, 15) is 4.79 Å². The van der Waals surface area contributed by atoms with Gasteiger partial charge in [-0.05, 0) is 167 Å². The van der Waals surface area contributed by atoms with E-state index in [0.29, 0.717) is 30.5 Å². The molecule has 0 fully saturated rings. The average Bonchev–Trinajstić information content (AvgIpc) is 3.39. The van der Waals surface area contributed by atoms with Gasteiger partial charge < -0.3 is 23.7 Å². The summed E-state index contributed by atoms with van der Waals surface area (Å²) >= 11 is 0. The van der Waals surface area contributed by atoms with Crippen LogP contribution in [-0.2, 0) is 33.0 Å². The van der Waals surface area contributed by atoms with Crippen LogP contribution >= 0.6 is 0 Å². The van der Waals surface area contributed by atoms with Crippen molar-refractivity contribution in [1.29, 1.82) is 0 Å². The number of carbonyl (C=O) groups excluding carboxylic acids is 1. The molecule has 8 nitrogen and oxygen atoms in total. The monoisotopic (exact) mass is 952 g/mol. The number of rotatable bonds is 18. The van der Waals surface area contributed by atoms with Gasteiger partial charge in [0.25, 0.3) is 5.91 Å². The number of nitrogens with one attached hydrogen (secondary N) is 1. The van der Waals surface area contributed by atoms with Crippen molar-refractivity contribution < 1.29 is 28.5 Å². The highest BCUT2D eigenvalue weighted by Crippen LogP contribution is 2.41. The number of hydrogen-bond acceptors (Lipinski definition) is 7. The largest absolute Gasteiger partial charge is 0.489 e. The average molecular weight is 953 g/mol. The van der Waals surface area contributed by atoms with Crippen LogP contribution < -0.4 is 29.1 Å². The lowest BCUT2D eigenvalue weighted by atomic mass is 9.97. The molecule has 0 saturated carbocycles. The molecule has 8 heteroatoms. The van der Waals surface area contributed by atoms with Gasteiger partial charge in [0.15, 0.2) is 11.5 Å². The van der Waals surface area contributed by atoms with Gasteiger partial charge in [-0.1, -0.05) is 133 Å². The summed E-state index contributed by atoms with van der Waals surface area (Å²) < 4.78 is 33.1. The van der Waals surface area contributed by atoms with Crippen molar-refractivity contribution in [1.82, 2.24) is 5.43 Å². The summed E-state index contributed by atoms with van der Waals surface area (Å²) in [6, 6.07) is 54.6. The fourth-order valence-electron chi connectivity index (χ4n) is 8.89. The minimum atomic E-state index is -0.451. The number of benzene rings is 9. The van der Waals surface area contributed by atoms with Crippen LogP contribution in [0.4, 0.5) is 0 Å². The van der Waals surface area contributed by atoms with Crippen LogP contribution in [0.3, 0.4) is 0 Å². The minimum absolute atomic E-state index is 0.151. The summed E-state index contributed by atoms with van der Waals surface area (Å²) in [4.78, 5) is 14.4. The lowest BCUT2D eigenvalue weighted by Gasteiger charge is -2.20. The molecule has 1 amide bonds. The number of nitrogens with zero attached hydrogens (tertiary/aromatic N) is 1. The van der Waals surface area contributed by atoms with Gasteiger partial charge in [-0.25, -0.2) is 5.43 Å². The van der Waals surface area contributed by atoms with Crippen molar-refractivity contribution in [2.24, 2.45) is 5.10 Å². The molecule has 9 aromatic rings. The van der Waals surface area contributed by atoms with E-state index in [-0.39, 0.29) is 25.4 Å². The maximum absolute atomic E-state index is 14.4. The molecule has 0 bridgehead atoms. The second-order valence-electron chi connectivity index (χ2n) is 18.6. The zero-order chi connectivity index (χ0) is 50.1. The second-order valence-corrected chi connectivity index (χ2v) is 18.6. The molecule has 0 saturated heterocycles. The Morgan fingerprint density at radius 1 is 0.417 bits per heavy atom. The highest BCUT2D eigenvalue weighted by atomic mass is 16.5. The summed E-state index contributed by atoms with van der Waals surface area (Å²) in [5, 5.41) is 8.77. The van der Waals surface area contributed by atoms with Crippen LogP contribution in [0.5, 0.6) is 28.7 Å². The van der Waals surface area contributed by atoms with Gasteiger partial charge in [0, 0.05) is 11.1 Å². The van der Waals surface area contributed by atoms with Gasteiger partial charge in [-0.2, -0.15) is 5.10 Å². The molecular weight excluding hydrogens is 893 g/mol. The van der Waals surface area contributed by atoms with Crippen LogP contribution in [-0.4, -0.2) is 12.1 Å². The van der Waals surface area contributed by atoms with Gasteiger partial charge in [0.1, 0.15) is 44.5 Å². The van der Waals surface area contributed by atoms with Crippen molar-refractivity contribution in [3.8, 4) is 28.7 Å². The Labute approximate surface area is 422 Å². The van der Waals surface area contributed by atoms with E-state index in [1.54, 1.807) is 18.3 Å². The number of fused-ring (bicyclic) bond motifs is 2. The smallest absolute Gasteiger partial charge is 0.271 e. The third kappa shape index (κ3) is 11.5.